The summed E-state index contributed by atoms with van der Waals surface area (Å²) in [6.45, 7) is 0. The van der Waals surface area contributed by atoms with Gasteiger partial charge in [-0.05, 0) is 69.1 Å². The zero-order valence-corrected chi connectivity index (χ0v) is 19.5. The first-order valence-electron chi connectivity index (χ1n) is 11.2. The molecule has 2 saturated heterocycles. The number of hydrogen-bond acceptors (Lipinski definition) is 4. The molecule has 0 saturated carbocycles. The van der Waals surface area contributed by atoms with Crippen LogP contribution in [-0.2, 0) is 4.79 Å². The molecule has 0 aliphatic carbocycles. The number of anilines is 2. The van der Waals surface area contributed by atoms with Gasteiger partial charge in [-0.15, -0.1) is 0 Å². The zero-order chi connectivity index (χ0) is 25.0. The van der Waals surface area contributed by atoms with Crippen molar-refractivity contribution in [2.24, 2.45) is 0 Å². The van der Waals surface area contributed by atoms with Gasteiger partial charge in [-0.3, -0.25) is 4.79 Å². The number of carboxylic acid groups (broad SMARTS) is 1. The van der Waals surface area contributed by atoms with E-state index >= 15 is 0 Å². The molecule has 2 heterocycles. The molecule has 2 aromatic rings. The molecule has 2 unspecified atom stereocenters. The minimum Gasteiger partial charge on any atom is -0.475 e. The van der Waals surface area contributed by atoms with Gasteiger partial charge in [0.2, 0.25) is 0 Å². The van der Waals surface area contributed by atoms with E-state index in [1.165, 1.54) is 37.1 Å². The first-order chi connectivity index (χ1) is 16.0. The highest BCUT2D eigenvalue weighted by Crippen LogP contribution is 2.40. The Labute approximate surface area is 197 Å². The number of carbonyl (C=O) groups is 2. The summed E-state index contributed by atoms with van der Waals surface area (Å²) >= 11 is 0. The number of amides is 1. The van der Waals surface area contributed by atoms with Crippen molar-refractivity contribution in [2.45, 2.75) is 50.0 Å². The van der Waals surface area contributed by atoms with E-state index in [9.17, 15) is 18.0 Å². The van der Waals surface area contributed by atoms with Crippen molar-refractivity contribution in [3.8, 4) is 0 Å². The Kier molecular flexibility index (Phi) is 7.86. The topological polar surface area (TPSA) is 64.1 Å². The molecule has 1 N–H and O–H groups in total. The van der Waals surface area contributed by atoms with Crippen molar-refractivity contribution in [3.05, 3.63) is 60.2 Å². The van der Waals surface area contributed by atoms with Crippen molar-refractivity contribution >= 4 is 23.3 Å². The van der Waals surface area contributed by atoms with Gasteiger partial charge in [0.25, 0.3) is 5.91 Å². The second-order valence-corrected chi connectivity index (χ2v) is 8.93. The Bertz CT molecular complexity index is 966. The quantitative estimate of drug-likeness (QED) is 0.687. The summed E-state index contributed by atoms with van der Waals surface area (Å²) in [6, 6.07) is 20.7. The van der Waals surface area contributed by atoms with E-state index in [1.807, 2.05) is 12.1 Å². The van der Waals surface area contributed by atoms with Crippen molar-refractivity contribution in [1.82, 2.24) is 9.80 Å². The normalized spacial score (nSPS) is 21.9. The van der Waals surface area contributed by atoms with Crippen LogP contribution < -0.4 is 4.90 Å². The molecule has 4 rings (SSSR count). The Hall–Kier alpha value is -3.07. The van der Waals surface area contributed by atoms with Crippen LogP contribution in [0.25, 0.3) is 0 Å². The fourth-order valence-corrected chi connectivity index (χ4v) is 4.78. The number of benzene rings is 2. The van der Waals surface area contributed by atoms with Gasteiger partial charge in [0.15, 0.2) is 0 Å². The predicted octanol–water partition coefficient (Wildman–Crippen LogP) is 4.79. The van der Waals surface area contributed by atoms with Crippen LogP contribution in [0.4, 0.5) is 24.5 Å². The van der Waals surface area contributed by atoms with Gasteiger partial charge in [-0.2, -0.15) is 13.2 Å². The molecule has 2 fully saturated rings. The number of piperidine rings is 1. The number of para-hydroxylation sites is 1. The predicted molar refractivity (Wildman–Crippen MR) is 124 cm³/mol. The molecule has 2 bridgehead atoms. The third kappa shape index (κ3) is 5.88. The molecule has 2 aromatic carbocycles. The van der Waals surface area contributed by atoms with Crippen LogP contribution in [-0.4, -0.2) is 72.2 Å². The number of carboxylic acids is 1. The summed E-state index contributed by atoms with van der Waals surface area (Å²) in [6.07, 6.45) is -0.0618. The lowest BCUT2D eigenvalue weighted by atomic mass is 9.95. The molecule has 1 amide bonds. The molecule has 184 valence electrons. The first kappa shape index (κ1) is 25.6. The summed E-state index contributed by atoms with van der Waals surface area (Å²) < 4.78 is 31.7. The SMILES string of the molecule is CN(C)C(=O)c1ccc(N(c2ccccc2)C2CC3CCC(C2)N3C)cc1.O=C(O)C(F)(F)F. The smallest absolute Gasteiger partial charge is 0.475 e. The molecule has 2 aliphatic rings. The lowest BCUT2D eigenvalue weighted by Crippen LogP contribution is -2.47. The maximum absolute atomic E-state index is 12.2. The van der Waals surface area contributed by atoms with Crippen LogP contribution in [0.2, 0.25) is 0 Å². The first-order valence-corrected chi connectivity index (χ1v) is 11.2. The number of carbonyl (C=O) groups excluding carboxylic acids is 1. The zero-order valence-electron chi connectivity index (χ0n) is 19.5. The second-order valence-electron chi connectivity index (χ2n) is 8.93. The third-order valence-electron chi connectivity index (χ3n) is 6.51. The monoisotopic (exact) mass is 477 g/mol. The summed E-state index contributed by atoms with van der Waals surface area (Å²) in [5.74, 6) is -2.71. The van der Waals surface area contributed by atoms with Crippen LogP contribution in [0.1, 0.15) is 36.0 Å². The molecule has 0 spiro atoms. The lowest BCUT2D eigenvalue weighted by molar-refractivity contribution is -0.192. The highest BCUT2D eigenvalue weighted by Gasteiger charge is 2.41. The van der Waals surface area contributed by atoms with E-state index in [0.29, 0.717) is 18.1 Å². The van der Waals surface area contributed by atoms with E-state index in [-0.39, 0.29) is 5.91 Å². The van der Waals surface area contributed by atoms with Gasteiger partial charge < -0.3 is 19.8 Å². The average Bonchev–Trinajstić information content (AvgIpc) is 2.99. The number of hydrogen-bond donors (Lipinski definition) is 1. The van der Waals surface area contributed by atoms with E-state index in [0.717, 1.165) is 5.56 Å². The highest BCUT2D eigenvalue weighted by atomic mass is 19.4. The molecule has 2 aliphatic heterocycles. The van der Waals surface area contributed by atoms with Crippen LogP contribution >= 0.6 is 0 Å². The Morgan fingerprint density at radius 3 is 1.82 bits per heavy atom. The largest absolute Gasteiger partial charge is 0.490 e. The number of alkyl halides is 3. The molecule has 0 aromatic heterocycles. The third-order valence-corrected chi connectivity index (χ3v) is 6.51. The molecule has 2 atom stereocenters. The molecule has 34 heavy (non-hydrogen) atoms. The minimum absolute atomic E-state index is 0.0464. The maximum atomic E-state index is 12.2. The summed E-state index contributed by atoms with van der Waals surface area (Å²) in [4.78, 5) is 27.8. The maximum Gasteiger partial charge on any atom is 0.490 e. The molecular weight excluding hydrogens is 447 g/mol. The van der Waals surface area contributed by atoms with E-state index in [1.54, 1.807) is 19.0 Å². The van der Waals surface area contributed by atoms with Crippen molar-refractivity contribution < 1.29 is 27.9 Å². The molecular formula is C25H30F3N3O3. The number of nitrogens with zero attached hydrogens (tertiary/aromatic N) is 3. The highest BCUT2D eigenvalue weighted by molar-refractivity contribution is 5.94. The number of halogens is 3. The number of rotatable bonds is 4. The average molecular weight is 478 g/mol. The fourth-order valence-electron chi connectivity index (χ4n) is 4.78. The van der Waals surface area contributed by atoms with Gasteiger partial charge >= 0.3 is 12.1 Å². The molecule has 6 nitrogen and oxygen atoms in total. The standard InChI is InChI=1S/C23H29N3O.C2HF3O2/c1-24(2)23(27)17-9-11-19(12-10-17)26(18-7-5-4-6-8-18)22-15-20-13-14-21(16-22)25(20)3;3-2(4,5)1(6)7/h4-12,20-22H,13-16H2,1-3H3;(H,6,7). The molecule has 0 radical (unpaired) electrons. The van der Waals surface area contributed by atoms with Crippen molar-refractivity contribution in [3.63, 3.8) is 0 Å². The Morgan fingerprint density at radius 1 is 0.912 bits per heavy atom. The van der Waals surface area contributed by atoms with Crippen LogP contribution in [0, 0.1) is 0 Å². The second kappa shape index (κ2) is 10.5. The minimum atomic E-state index is -5.08. The number of aliphatic carboxylic acids is 1. The summed E-state index contributed by atoms with van der Waals surface area (Å²) in [5, 5.41) is 7.12. The van der Waals surface area contributed by atoms with Crippen LogP contribution in [0.15, 0.2) is 54.6 Å². The van der Waals surface area contributed by atoms with Crippen LogP contribution in [0.3, 0.4) is 0 Å². The summed E-state index contributed by atoms with van der Waals surface area (Å²) in [5.41, 5.74) is 3.14. The Balaban J connectivity index is 0.000000406. The Morgan fingerprint density at radius 2 is 1.38 bits per heavy atom. The molecule has 9 heteroatoms. The van der Waals surface area contributed by atoms with Gasteiger partial charge in [0.05, 0.1) is 0 Å². The van der Waals surface area contributed by atoms with Gasteiger partial charge in [-0.25, -0.2) is 4.79 Å². The van der Waals surface area contributed by atoms with Crippen molar-refractivity contribution in [2.75, 3.05) is 26.0 Å². The van der Waals surface area contributed by atoms with Crippen molar-refractivity contribution in [1.29, 1.82) is 0 Å². The van der Waals surface area contributed by atoms with Crippen LogP contribution in [0.5, 0.6) is 0 Å². The summed E-state index contributed by atoms with van der Waals surface area (Å²) in [7, 11) is 5.87. The van der Waals surface area contributed by atoms with Gasteiger partial charge in [-0.1, -0.05) is 18.2 Å². The van der Waals surface area contributed by atoms with E-state index in [4.69, 9.17) is 9.90 Å². The number of fused-ring (bicyclic) bond motifs is 2. The lowest BCUT2D eigenvalue weighted by Gasteiger charge is -2.43. The van der Waals surface area contributed by atoms with E-state index in [2.05, 4.69) is 59.3 Å². The van der Waals surface area contributed by atoms with E-state index < -0.39 is 12.1 Å². The fraction of sp³-hybridized carbons (Fsp3) is 0.440. The van der Waals surface area contributed by atoms with Gasteiger partial charge in [0.1, 0.15) is 0 Å². The van der Waals surface area contributed by atoms with Gasteiger partial charge in [0, 0.05) is 49.2 Å².